The number of allylic oxidation sites excluding steroid dienone is 4. The zero-order valence-corrected chi connectivity index (χ0v) is 22.9. The Kier molecular flexibility index (Phi) is 6.21. The number of halogens is 1. The summed E-state index contributed by atoms with van der Waals surface area (Å²) in [5, 5.41) is 0. The van der Waals surface area contributed by atoms with Crippen LogP contribution in [0.5, 0.6) is 11.5 Å². The summed E-state index contributed by atoms with van der Waals surface area (Å²) < 4.78 is 12.4. The summed E-state index contributed by atoms with van der Waals surface area (Å²) in [5.41, 5.74) is 4.41. The molecule has 1 aromatic rings. The second kappa shape index (κ2) is 8.43. The van der Waals surface area contributed by atoms with E-state index in [4.69, 9.17) is 9.47 Å². The van der Waals surface area contributed by atoms with Crippen molar-refractivity contribution in [3.63, 3.8) is 0 Å². The molecule has 0 radical (unpaired) electrons. The average Bonchev–Trinajstić information content (AvgIpc) is 2.68. The van der Waals surface area contributed by atoms with Crippen molar-refractivity contribution in [2.45, 2.75) is 66.2 Å². The number of benzene rings is 1. The van der Waals surface area contributed by atoms with Crippen molar-refractivity contribution in [3.8, 4) is 11.5 Å². The molecule has 4 rings (SSSR count). The van der Waals surface area contributed by atoms with Gasteiger partial charge >= 0.3 is 0 Å². The first-order valence-corrected chi connectivity index (χ1v) is 12.7. The lowest BCUT2D eigenvalue weighted by Crippen LogP contribution is -2.43. The van der Waals surface area contributed by atoms with Gasteiger partial charge in [0.1, 0.15) is 0 Å². The van der Waals surface area contributed by atoms with E-state index in [1.54, 1.807) is 7.11 Å². The molecule has 1 aromatic carbocycles. The van der Waals surface area contributed by atoms with Gasteiger partial charge in [0.15, 0.2) is 23.1 Å². The van der Waals surface area contributed by atoms with E-state index in [2.05, 4.69) is 55.2 Å². The van der Waals surface area contributed by atoms with Gasteiger partial charge in [0.2, 0.25) is 0 Å². The molecule has 3 aliphatic rings. The maximum absolute atomic E-state index is 13.6. The molecule has 5 nitrogen and oxygen atoms in total. The van der Waals surface area contributed by atoms with Crippen molar-refractivity contribution in [2.75, 3.05) is 20.8 Å². The van der Waals surface area contributed by atoms with Crippen LogP contribution in [0.15, 0.2) is 34.7 Å². The van der Waals surface area contributed by atoms with E-state index in [-0.39, 0.29) is 28.3 Å². The van der Waals surface area contributed by atoms with E-state index in [1.807, 2.05) is 26.1 Å². The molecule has 0 spiro atoms. The van der Waals surface area contributed by atoms with Crippen LogP contribution in [0.2, 0.25) is 0 Å². The molecule has 0 unspecified atom stereocenters. The maximum Gasteiger partial charge on any atom is 0.174 e. The van der Waals surface area contributed by atoms with Gasteiger partial charge in [0, 0.05) is 48.3 Å². The van der Waals surface area contributed by atoms with E-state index in [1.165, 1.54) is 0 Å². The lowest BCUT2D eigenvalue weighted by molar-refractivity contribution is -0.119. The van der Waals surface area contributed by atoms with Gasteiger partial charge in [-0.3, -0.25) is 9.59 Å². The molecule has 33 heavy (non-hydrogen) atoms. The lowest BCUT2D eigenvalue weighted by atomic mass is 9.64. The number of nitrogens with zero attached hydrogens (tertiary/aromatic N) is 1. The summed E-state index contributed by atoms with van der Waals surface area (Å²) >= 11 is 2.25. The lowest BCUT2D eigenvalue weighted by Gasteiger charge is -2.48. The minimum Gasteiger partial charge on any atom is -0.492 e. The SMILES string of the molecule is CCOc1cc(C2C3=C(CC(C)(C)CC3=O)N(C)C3=C2C(=O)CC(C)(C)C3)cc(I)c1OC. The molecule has 1 heterocycles. The summed E-state index contributed by atoms with van der Waals surface area (Å²) in [4.78, 5) is 29.4. The molecular formula is C27H34INO4. The number of methoxy groups -OCH3 is 1. The summed E-state index contributed by atoms with van der Waals surface area (Å²) in [7, 11) is 3.67. The largest absolute Gasteiger partial charge is 0.492 e. The van der Waals surface area contributed by atoms with Crippen molar-refractivity contribution < 1.29 is 19.1 Å². The van der Waals surface area contributed by atoms with Crippen LogP contribution in [0.3, 0.4) is 0 Å². The van der Waals surface area contributed by atoms with Crippen molar-refractivity contribution in [1.82, 2.24) is 4.90 Å². The molecule has 0 fully saturated rings. The first-order valence-electron chi connectivity index (χ1n) is 11.7. The topological polar surface area (TPSA) is 55.8 Å². The number of ether oxygens (including phenoxy) is 2. The molecule has 0 N–H and O–H groups in total. The predicted molar refractivity (Wildman–Crippen MR) is 137 cm³/mol. The van der Waals surface area contributed by atoms with Crippen molar-refractivity contribution >= 4 is 34.2 Å². The molecule has 0 bridgehead atoms. The van der Waals surface area contributed by atoms with Gasteiger partial charge in [-0.2, -0.15) is 0 Å². The standard InChI is InChI=1S/C27H34INO4/c1-8-33-21-10-15(9-16(28)25(21)32-7)22-23-17(11-26(2,3)13-19(23)30)29(6)18-12-27(4,5)14-20(31)24(18)22/h9-10,22H,8,11-14H2,1-7H3. The Hall–Kier alpha value is -1.83. The summed E-state index contributed by atoms with van der Waals surface area (Å²) in [6.07, 6.45) is 2.62. The van der Waals surface area contributed by atoms with Crippen LogP contribution in [0.25, 0.3) is 0 Å². The Morgan fingerprint density at radius 3 is 1.94 bits per heavy atom. The zero-order valence-electron chi connectivity index (χ0n) is 20.7. The molecule has 178 valence electrons. The van der Waals surface area contributed by atoms with Gasteiger partial charge < -0.3 is 14.4 Å². The fraction of sp³-hybridized carbons (Fsp3) is 0.556. The fourth-order valence-electron chi connectivity index (χ4n) is 5.71. The third-order valence-corrected chi connectivity index (χ3v) is 7.85. The van der Waals surface area contributed by atoms with Crippen molar-refractivity contribution in [2.24, 2.45) is 10.8 Å². The van der Waals surface area contributed by atoms with Crippen molar-refractivity contribution in [1.29, 1.82) is 0 Å². The van der Waals surface area contributed by atoms with Crippen LogP contribution in [0.4, 0.5) is 0 Å². The van der Waals surface area contributed by atoms with E-state index in [9.17, 15) is 9.59 Å². The molecule has 1 aliphatic heterocycles. The fourth-order valence-corrected chi connectivity index (χ4v) is 6.56. The normalized spacial score (nSPS) is 22.4. The van der Waals surface area contributed by atoms with E-state index in [0.717, 1.165) is 44.5 Å². The number of hydrogen-bond donors (Lipinski definition) is 0. The Labute approximate surface area is 210 Å². The Morgan fingerprint density at radius 1 is 0.970 bits per heavy atom. The number of rotatable bonds is 4. The molecule has 0 atom stereocenters. The van der Waals surface area contributed by atoms with Gasteiger partial charge in [-0.25, -0.2) is 0 Å². The third-order valence-electron chi connectivity index (χ3n) is 7.05. The Balaban J connectivity index is 1.99. The predicted octanol–water partition coefficient (Wildman–Crippen LogP) is 6.01. The monoisotopic (exact) mass is 563 g/mol. The Bertz CT molecular complexity index is 1040. The maximum atomic E-state index is 13.6. The quantitative estimate of drug-likeness (QED) is 0.420. The molecule has 2 aliphatic carbocycles. The van der Waals surface area contributed by atoms with Crippen LogP contribution >= 0.6 is 22.6 Å². The molecule has 0 amide bonds. The van der Waals surface area contributed by atoms with Gasteiger partial charge in [-0.15, -0.1) is 0 Å². The number of ketones is 2. The first kappa shape index (κ1) is 24.3. The smallest absolute Gasteiger partial charge is 0.174 e. The third kappa shape index (κ3) is 4.24. The van der Waals surface area contributed by atoms with Gasteiger partial charge in [-0.05, 0) is 70.9 Å². The zero-order chi connectivity index (χ0) is 24.3. The second-order valence-electron chi connectivity index (χ2n) is 11.1. The Morgan fingerprint density at radius 2 is 1.48 bits per heavy atom. The number of carbonyl (C=O) groups is 2. The van der Waals surface area contributed by atoms with Gasteiger partial charge in [-0.1, -0.05) is 27.7 Å². The molecule has 6 heteroatoms. The van der Waals surface area contributed by atoms with E-state index >= 15 is 0 Å². The van der Waals surface area contributed by atoms with Crippen LogP contribution in [0, 0.1) is 14.4 Å². The highest BCUT2D eigenvalue weighted by Crippen LogP contribution is 2.54. The van der Waals surface area contributed by atoms with E-state index < -0.39 is 0 Å². The summed E-state index contributed by atoms with van der Waals surface area (Å²) in [6, 6.07) is 4.02. The van der Waals surface area contributed by atoms with Gasteiger partial charge in [0.05, 0.1) is 17.3 Å². The van der Waals surface area contributed by atoms with Crippen molar-refractivity contribution in [3.05, 3.63) is 43.8 Å². The average molecular weight is 563 g/mol. The molecular weight excluding hydrogens is 529 g/mol. The first-order chi connectivity index (χ1) is 15.4. The minimum atomic E-state index is -0.364. The van der Waals surface area contributed by atoms with Gasteiger partial charge in [0.25, 0.3) is 0 Å². The molecule has 0 saturated carbocycles. The van der Waals surface area contributed by atoms with E-state index in [0.29, 0.717) is 30.9 Å². The summed E-state index contributed by atoms with van der Waals surface area (Å²) in [5.74, 6) is 1.26. The van der Waals surface area contributed by atoms with Crippen LogP contribution in [-0.4, -0.2) is 37.2 Å². The highest BCUT2D eigenvalue weighted by Gasteiger charge is 2.48. The number of Topliss-reactive ketones (excluding diaryl/α,β-unsaturated/α-hetero) is 2. The number of carbonyl (C=O) groups excluding carboxylic acids is 2. The van der Waals surface area contributed by atoms with Crippen LogP contribution in [-0.2, 0) is 9.59 Å². The minimum absolute atomic E-state index is 0.105. The number of hydrogen-bond acceptors (Lipinski definition) is 5. The molecule has 0 aromatic heterocycles. The molecule has 0 saturated heterocycles. The van der Waals surface area contributed by atoms with Crippen LogP contribution in [0.1, 0.15) is 71.8 Å². The highest BCUT2D eigenvalue weighted by molar-refractivity contribution is 14.1. The highest BCUT2D eigenvalue weighted by atomic mass is 127. The van der Waals surface area contributed by atoms with Crippen LogP contribution < -0.4 is 9.47 Å². The second-order valence-corrected chi connectivity index (χ2v) is 12.2. The summed E-state index contributed by atoms with van der Waals surface area (Å²) in [6.45, 7) is 11.1.